The van der Waals surface area contributed by atoms with Crippen molar-refractivity contribution < 1.29 is 0 Å². The number of nitrogen functional groups attached to an aromatic ring is 1. The van der Waals surface area contributed by atoms with Crippen LogP contribution >= 0.6 is 0 Å². The molecule has 2 aromatic carbocycles. The van der Waals surface area contributed by atoms with Gasteiger partial charge in [-0.2, -0.15) is 5.10 Å². The zero-order valence-corrected chi connectivity index (χ0v) is 15.0. The van der Waals surface area contributed by atoms with Crippen LogP contribution in [0.1, 0.15) is 13.8 Å². The van der Waals surface area contributed by atoms with Crippen molar-refractivity contribution in [3.63, 3.8) is 0 Å². The number of nitrogens with two attached hydrogens (primary N) is 1. The molecule has 0 radical (unpaired) electrons. The SMILES string of the molecule is CCN(CC)CCn1nc(-c2ccccc2)c(N)c1-c1ccccc1. The van der Waals surface area contributed by atoms with Gasteiger partial charge in [0.1, 0.15) is 5.69 Å². The average Bonchev–Trinajstić information content (AvgIpc) is 3.00. The van der Waals surface area contributed by atoms with Crippen molar-refractivity contribution in [2.24, 2.45) is 0 Å². The zero-order valence-electron chi connectivity index (χ0n) is 15.0. The number of hydrogen-bond acceptors (Lipinski definition) is 3. The molecule has 0 atom stereocenters. The summed E-state index contributed by atoms with van der Waals surface area (Å²) >= 11 is 0. The van der Waals surface area contributed by atoms with Crippen LogP contribution in [-0.2, 0) is 6.54 Å². The quantitative estimate of drug-likeness (QED) is 0.706. The summed E-state index contributed by atoms with van der Waals surface area (Å²) in [5, 5.41) is 4.86. The molecule has 25 heavy (non-hydrogen) atoms. The van der Waals surface area contributed by atoms with Gasteiger partial charge in [-0.05, 0) is 13.1 Å². The Balaban J connectivity index is 2.03. The summed E-state index contributed by atoms with van der Waals surface area (Å²) in [4.78, 5) is 2.40. The van der Waals surface area contributed by atoms with Crippen LogP contribution in [-0.4, -0.2) is 34.3 Å². The van der Waals surface area contributed by atoms with E-state index in [2.05, 4.69) is 47.7 Å². The molecule has 0 aliphatic heterocycles. The lowest BCUT2D eigenvalue weighted by molar-refractivity contribution is 0.286. The second-order valence-corrected chi connectivity index (χ2v) is 6.09. The molecule has 3 rings (SSSR count). The van der Waals surface area contributed by atoms with Crippen molar-refractivity contribution in [1.29, 1.82) is 0 Å². The van der Waals surface area contributed by atoms with Gasteiger partial charge >= 0.3 is 0 Å². The Labute approximate surface area is 149 Å². The Morgan fingerprint density at radius 2 is 1.44 bits per heavy atom. The minimum atomic E-state index is 0.747. The molecule has 0 fully saturated rings. The van der Waals surface area contributed by atoms with Gasteiger partial charge in [0.2, 0.25) is 0 Å². The van der Waals surface area contributed by atoms with Crippen LogP contribution in [0.2, 0.25) is 0 Å². The highest BCUT2D eigenvalue weighted by atomic mass is 15.3. The number of aromatic nitrogens is 2. The molecule has 3 aromatic rings. The van der Waals surface area contributed by atoms with Gasteiger partial charge in [0.15, 0.2) is 0 Å². The second kappa shape index (κ2) is 7.99. The molecular weight excluding hydrogens is 308 g/mol. The summed E-state index contributed by atoms with van der Waals surface area (Å²) < 4.78 is 2.06. The van der Waals surface area contributed by atoms with E-state index in [4.69, 9.17) is 10.8 Å². The lowest BCUT2D eigenvalue weighted by Crippen LogP contribution is -2.27. The maximum atomic E-state index is 6.54. The van der Waals surface area contributed by atoms with Crippen LogP contribution in [0.25, 0.3) is 22.5 Å². The fourth-order valence-electron chi connectivity index (χ4n) is 3.12. The molecule has 4 heteroatoms. The molecule has 0 unspecified atom stereocenters. The van der Waals surface area contributed by atoms with Crippen LogP contribution in [0.4, 0.5) is 5.69 Å². The Morgan fingerprint density at radius 1 is 0.880 bits per heavy atom. The second-order valence-electron chi connectivity index (χ2n) is 6.09. The van der Waals surface area contributed by atoms with Crippen molar-refractivity contribution in [2.75, 3.05) is 25.4 Å². The molecule has 0 spiro atoms. The third-order valence-corrected chi connectivity index (χ3v) is 4.61. The molecule has 0 saturated carbocycles. The van der Waals surface area contributed by atoms with Gasteiger partial charge in [0, 0.05) is 17.7 Å². The maximum Gasteiger partial charge on any atom is 0.116 e. The van der Waals surface area contributed by atoms with Gasteiger partial charge in [0.25, 0.3) is 0 Å². The van der Waals surface area contributed by atoms with E-state index in [0.29, 0.717) is 0 Å². The van der Waals surface area contributed by atoms with Gasteiger partial charge in [-0.1, -0.05) is 74.5 Å². The van der Waals surface area contributed by atoms with Crippen molar-refractivity contribution in [3.8, 4) is 22.5 Å². The van der Waals surface area contributed by atoms with E-state index in [1.165, 1.54) is 0 Å². The summed E-state index contributed by atoms with van der Waals surface area (Å²) in [5.41, 5.74) is 11.3. The van der Waals surface area contributed by atoms with Crippen LogP contribution in [0.5, 0.6) is 0 Å². The van der Waals surface area contributed by atoms with Crippen LogP contribution in [0.15, 0.2) is 60.7 Å². The summed E-state index contributed by atoms with van der Waals surface area (Å²) in [5.74, 6) is 0. The summed E-state index contributed by atoms with van der Waals surface area (Å²) in [6.07, 6.45) is 0. The van der Waals surface area contributed by atoms with Gasteiger partial charge in [-0.3, -0.25) is 4.68 Å². The summed E-state index contributed by atoms with van der Waals surface area (Å²) in [7, 11) is 0. The fourth-order valence-corrected chi connectivity index (χ4v) is 3.12. The molecule has 0 amide bonds. The topological polar surface area (TPSA) is 47.1 Å². The zero-order chi connectivity index (χ0) is 17.6. The van der Waals surface area contributed by atoms with Crippen molar-refractivity contribution in [1.82, 2.24) is 14.7 Å². The number of rotatable bonds is 7. The first kappa shape index (κ1) is 17.2. The Bertz CT molecular complexity index is 790. The van der Waals surface area contributed by atoms with Crippen LogP contribution in [0, 0.1) is 0 Å². The van der Waals surface area contributed by atoms with Crippen molar-refractivity contribution >= 4 is 5.69 Å². The number of likely N-dealkylation sites (N-methyl/N-ethyl adjacent to an activating group) is 1. The maximum absolute atomic E-state index is 6.54. The standard InChI is InChI=1S/C21H26N4/c1-3-24(4-2)15-16-25-21(18-13-9-6-10-14-18)19(22)20(23-25)17-11-7-5-8-12-17/h5-14H,3-4,15-16,22H2,1-2H3. The van der Waals surface area contributed by atoms with Crippen molar-refractivity contribution in [3.05, 3.63) is 60.7 Å². The highest BCUT2D eigenvalue weighted by Crippen LogP contribution is 2.34. The number of hydrogen-bond donors (Lipinski definition) is 1. The first-order valence-electron chi connectivity index (χ1n) is 8.94. The van der Waals surface area contributed by atoms with Gasteiger partial charge in [-0.15, -0.1) is 0 Å². The molecule has 2 N–H and O–H groups in total. The first-order valence-corrected chi connectivity index (χ1v) is 8.94. The smallest absolute Gasteiger partial charge is 0.116 e. The Kier molecular flexibility index (Phi) is 5.51. The molecule has 0 aliphatic rings. The number of nitrogens with zero attached hydrogens (tertiary/aromatic N) is 3. The molecular formula is C21H26N4. The first-order chi connectivity index (χ1) is 12.2. The highest BCUT2D eigenvalue weighted by molar-refractivity contribution is 5.85. The van der Waals surface area contributed by atoms with Gasteiger partial charge < -0.3 is 10.6 Å². The minimum absolute atomic E-state index is 0.747. The third-order valence-electron chi connectivity index (χ3n) is 4.61. The van der Waals surface area contributed by atoms with E-state index in [9.17, 15) is 0 Å². The fraction of sp³-hybridized carbons (Fsp3) is 0.286. The molecule has 1 heterocycles. The number of benzene rings is 2. The van der Waals surface area contributed by atoms with Crippen molar-refractivity contribution in [2.45, 2.75) is 20.4 Å². The highest BCUT2D eigenvalue weighted by Gasteiger charge is 2.18. The molecule has 0 aliphatic carbocycles. The average molecular weight is 334 g/mol. The summed E-state index contributed by atoms with van der Waals surface area (Å²) in [6, 6.07) is 20.5. The Morgan fingerprint density at radius 3 is 2.00 bits per heavy atom. The predicted octanol–water partition coefficient (Wildman–Crippen LogP) is 4.14. The normalized spacial score (nSPS) is 11.2. The van der Waals surface area contributed by atoms with Gasteiger partial charge in [-0.25, -0.2) is 0 Å². The third kappa shape index (κ3) is 3.74. The van der Waals surface area contributed by atoms with E-state index in [1.807, 2.05) is 36.4 Å². The van der Waals surface area contributed by atoms with Crippen LogP contribution in [0.3, 0.4) is 0 Å². The molecule has 130 valence electrons. The van der Waals surface area contributed by atoms with E-state index in [1.54, 1.807) is 0 Å². The number of anilines is 1. The Hall–Kier alpha value is -2.59. The lowest BCUT2D eigenvalue weighted by Gasteiger charge is -2.18. The minimum Gasteiger partial charge on any atom is -0.395 e. The van der Waals surface area contributed by atoms with E-state index in [-0.39, 0.29) is 0 Å². The lowest BCUT2D eigenvalue weighted by atomic mass is 10.1. The molecule has 0 bridgehead atoms. The molecule has 1 aromatic heterocycles. The van der Waals surface area contributed by atoms with E-state index in [0.717, 1.165) is 54.4 Å². The largest absolute Gasteiger partial charge is 0.395 e. The molecule has 0 saturated heterocycles. The monoisotopic (exact) mass is 334 g/mol. The van der Waals surface area contributed by atoms with Gasteiger partial charge in [0.05, 0.1) is 17.9 Å². The van der Waals surface area contributed by atoms with E-state index < -0.39 is 0 Å². The molecule has 4 nitrogen and oxygen atoms in total. The summed E-state index contributed by atoms with van der Waals surface area (Å²) in [6.45, 7) is 8.24. The predicted molar refractivity (Wildman–Crippen MR) is 105 cm³/mol. The van der Waals surface area contributed by atoms with Crippen LogP contribution < -0.4 is 5.73 Å². The van der Waals surface area contributed by atoms with E-state index >= 15 is 0 Å².